The average molecular weight is 275 g/mol. The predicted molar refractivity (Wildman–Crippen MR) is 70.5 cm³/mol. The minimum absolute atomic E-state index is 0.0267. The van der Waals surface area contributed by atoms with Crippen LogP contribution in [0.5, 0.6) is 0 Å². The number of benzene rings is 1. The fourth-order valence-corrected chi connectivity index (χ4v) is 1.43. The van der Waals surface area contributed by atoms with E-state index in [1.54, 1.807) is 0 Å². The van der Waals surface area contributed by atoms with Gasteiger partial charge in [0.1, 0.15) is 0 Å². The monoisotopic (exact) mass is 275 g/mol. The standard InChI is InChI=1S/C14H13NO5/c1-9(16)15-7-3-2-4-10-8-11(13(17)18)5-6-12(10)14(19)20/h5-6,8H,3,7H2,1H3,(H,15,16)(H,17,18)(H,19,20). The topological polar surface area (TPSA) is 104 Å². The Morgan fingerprint density at radius 2 is 1.90 bits per heavy atom. The molecule has 0 fully saturated rings. The van der Waals surface area contributed by atoms with Crippen molar-refractivity contribution in [3.63, 3.8) is 0 Å². The smallest absolute Gasteiger partial charge is 0.336 e. The third kappa shape index (κ3) is 4.46. The number of amides is 1. The fraction of sp³-hybridized carbons (Fsp3) is 0.214. The second-order valence-electron chi connectivity index (χ2n) is 3.91. The molecule has 0 spiro atoms. The average Bonchev–Trinajstić information content (AvgIpc) is 2.37. The van der Waals surface area contributed by atoms with Crippen LogP contribution in [0.1, 0.15) is 39.6 Å². The van der Waals surface area contributed by atoms with Crippen LogP contribution in [-0.4, -0.2) is 34.6 Å². The molecule has 0 atom stereocenters. The number of rotatable bonds is 4. The van der Waals surface area contributed by atoms with Crippen molar-refractivity contribution >= 4 is 17.8 Å². The lowest BCUT2D eigenvalue weighted by molar-refractivity contribution is -0.118. The van der Waals surface area contributed by atoms with E-state index in [4.69, 9.17) is 10.2 Å². The normalized spacial score (nSPS) is 9.25. The molecule has 20 heavy (non-hydrogen) atoms. The first-order valence-corrected chi connectivity index (χ1v) is 5.75. The molecule has 0 saturated heterocycles. The third-order valence-corrected chi connectivity index (χ3v) is 2.34. The molecule has 6 nitrogen and oxygen atoms in total. The molecule has 0 heterocycles. The Labute approximate surface area is 115 Å². The lowest BCUT2D eigenvalue weighted by atomic mass is 10.0. The highest BCUT2D eigenvalue weighted by Crippen LogP contribution is 2.11. The van der Waals surface area contributed by atoms with Crippen molar-refractivity contribution in [2.75, 3.05) is 6.54 Å². The zero-order chi connectivity index (χ0) is 15.1. The molecule has 0 bridgehead atoms. The largest absolute Gasteiger partial charge is 0.478 e. The second kappa shape index (κ2) is 6.95. The van der Waals surface area contributed by atoms with E-state index in [2.05, 4.69) is 17.2 Å². The van der Waals surface area contributed by atoms with Gasteiger partial charge in [-0.15, -0.1) is 0 Å². The van der Waals surface area contributed by atoms with E-state index in [0.717, 1.165) is 0 Å². The number of hydrogen-bond acceptors (Lipinski definition) is 3. The van der Waals surface area contributed by atoms with Gasteiger partial charge in [0.2, 0.25) is 5.91 Å². The zero-order valence-corrected chi connectivity index (χ0v) is 10.8. The van der Waals surface area contributed by atoms with Gasteiger partial charge in [-0.1, -0.05) is 11.8 Å². The van der Waals surface area contributed by atoms with Gasteiger partial charge in [-0.25, -0.2) is 9.59 Å². The van der Waals surface area contributed by atoms with Crippen LogP contribution >= 0.6 is 0 Å². The SMILES string of the molecule is CC(=O)NCCC#Cc1cc(C(=O)O)ccc1C(=O)O. The second-order valence-corrected chi connectivity index (χ2v) is 3.91. The lowest BCUT2D eigenvalue weighted by Gasteiger charge is -2.01. The van der Waals surface area contributed by atoms with Crippen LogP contribution < -0.4 is 5.32 Å². The molecule has 1 rings (SSSR count). The van der Waals surface area contributed by atoms with Crippen molar-refractivity contribution in [3.05, 3.63) is 34.9 Å². The van der Waals surface area contributed by atoms with Crippen molar-refractivity contribution in [3.8, 4) is 11.8 Å². The van der Waals surface area contributed by atoms with Gasteiger partial charge in [-0.2, -0.15) is 0 Å². The fourth-order valence-electron chi connectivity index (χ4n) is 1.43. The van der Waals surface area contributed by atoms with Crippen LogP contribution in [0.2, 0.25) is 0 Å². The van der Waals surface area contributed by atoms with Crippen LogP contribution in [-0.2, 0) is 4.79 Å². The van der Waals surface area contributed by atoms with Crippen LogP contribution in [0.4, 0.5) is 0 Å². The number of aromatic carboxylic acids is 2. The van der Waals surface area contributed by atoms with Gasteiger partial charge in [-0.05, 0) is 18.2 Å². The predicted octanol–water partition coefficient (Wildman–Crippen LogP) is 0.961. The molecular formula is C14H13NO5. The molecule has 3 N–H and O–H groups in total. The molecule has 0 aliphatic heterocycles. The van der Waals surface area contributed by atoms with E-state index in [9.17, 15) is 14.4 Å². The van der Waals surface area contributed by atoms with E-state index < -0.39 is 11.9 Å². The Kier molecular flexibility index (Phi) is 5.30. The molecular weight excluding hydrogens is 262 g/mol. The summed E-state index contributed by atoms with van der Waals surface area (Å²) in [5.41, 5.74) is 0.0587. The third-order valence-electron chi connectivity index (χ3n) is 2.34. The van der Waals surface area contributed by atoms with Crippen LogP contribution in [0.3, 0.4) is 0 Å². The molecule has 0 aliphatic carbocycles. The van der Waals surface area contributed by atoms with E-state index >= 15 is 0 Å². The van der Waals surface area contributed by atoms with Gasteiger partial charge in [-0.3, -0.25) is 4.79 Å². The first kappa shape index (κ1) is 15.2. The summed E-state index contributed by atoms with van der Waals surface area (Å²) < 4.78 is 0. The molecule has 1 amide bonds. The molecule has 1 aromatic rings. The van der Waals surface area contributed by atoms with Gasteiger partial charge in [0.15, 0.2) is 0 Å². The van der Waals surface area contributed by atoms with Crippen LogP contribution in [0, 0.1) is 11.8 Å². The number of hydrogen-bond donors (Lipinski definition) is 3. The van der Waals surface area contributed by atoms with Gasteiger partial charge in [0, 0.05) is 25.5 Å². The summed E-state index contributed by atoms with van der Waals surface area (Å²) in [6.45, 7) is 1.73. The summed E-state index contributed by atoms with van der Waals surface area (Å²) in [7, 11) is 0. The Morgan fingerprint density at radius 1 is 1.20 bits per heavy atom. The van der Waals surface area contributed by atoms with Gasteiger partial charge in [0.25, 0.3) is 0 Å². The highest BCUT2D eigenvalue weighted by molar-refractivity contribution is 5.94. The molecule has 0 unspecified atom stereocenters. The molecule has 6 heteroatoms. The van der Waals surface area contributed by atoms with E-state index in [1.165, 1.54) is 25.1 Å². The molecule has 104 valence electrons. The Hall–Kier alpha value is -2.81. The van der Waals surface area contributed by atoms with Crippen molar-refractivity contribution in [1.29, 1.82) is 0 Å². The molecule has 0 aromatic heterocycles. The summed E-state index contributed by atoms with van der Waals surface area (Å²) in [6.07, 6.45) is 0.343. The highest BCUT2D eigenvalue weighted by atomic mass is 16.4. The zero-order valence-electron chi connectivity index (χ0n) is 10.8. The molecule has 0 radical (unpaired) electrons. The number of carboxylic acid groups (broad SMARTS) is 2. The number of carboxylic acids is 2. The lowest BCUT2D eigenvalue weighted by Crippen LogP contribution is -2.20. The molecule has 0 saturated carbocycles. The number of nitrogens with one attached hydrogen (secondary N) is 1. The van der Waals surface area contributed by atoms with Gasteiger partial charge < -0.3 is 15.5 Å². The van der Waals surface area contributed by atoms with Crippen molar-refractivity contribution < 1.29 is 24.6 Å². The Morgan fingerprint density at radius 3 is 2.45 bits per heavy atom. The number of carbonyl (C=O) groups excluding carboxylic acids is 1. The maximum absolute atomic E-state index is 11.0. The van der Waals surface area contributed by atoms with Crippen LogP contribution in [0.15, 0.2) is 18.2 Å². The maximum Gasteiger partial charge on any atom is 0.336 e. The van der Waals surface area contributed by atoms with Crippen molar-refractivity contribution in [1.82, 2.24) is 5.32 Å². The minimum Gasteiger partial charge on any atom is -0.478 e. The van der Waals surface area contributed by atoms with E-state index in [1.807, 2.05) is 0 Å². The highest BCUT2D eigenvalue weighted by Gasteiger charge is 2.11. The first-order valence-electron chi connectivity index (χ1n) is 5.75. The first-order chi connectivity index (χ1) is 9.41. The van der Waals surface area contributed by atoms with Crippen molar-refractivity contribution in [2.45, 2.75) is 13.3 Å². The maximum atomic E-state index is 11.0. The quantitative estimate of drug-likeness (QED) is 0.561. The summed E-state index contributed by atoms with van der Waals surface area (Å²) in [5.74, 6) is 2.82. The van der Waals surface area contributed by atoms with Crippen LogP contribution in [0.25, 0.3) is 0 Å². The Bertz CT molecular complexity index is 610. The van der Waals surface area contributed by atoms with Gasteiger partial charge in [0.05, 0.1) is 11.1 Å². The molecule has 1 aromatic carbocycles. The summed E-state index contributed by atoms with van der Waals surface area (Å²) >= 11 is 0. The van der Waals surface area contributed by atoms with Crippen molar-refractivity contribution in [2.24, 2.45) is 0 Å². The summed E-state index contributed by atoms with van der Waals surface area (Å²) in [4.78, 5) is 32.5. The number of carbonyl (C=O) groups is 3. The molecule has 0 aliphatic rings. The van der Waals surface area contributed by atoms with E-state index in [0.29, 0.717) is 13.0 Å². The Balaban J connectivity index is 2.93. The summed E-state index contributed by atoms with van der Waals surface area (Å²) in [6, 6.07) is 3.65. The summed E-state index contributed by atoms with van der Waals surface area (Å²) in [5, 5.41) is 20.4. The van der Waals surface area contributed by atoms with Gasteiger partial charge >= 0.3 is 11.9 Å². The minimum atomic E-state index is -1.17. The van der Waals surface area contributed by atoms with E-state index in [-0.39, 0.29) is 22.6 Å².